The van der Waals surface area contributed by atoms with Gasteiger partial charge in [-0.1, -0.05) is 0 Å². The zero-order chi connectivity index (χ0) is 20.3. The highest BCUT2D eigenvalue weighted by atomic mass is 79.9. The second kappa shape index (κ2) is 8.66. The van der Waals surface area contributed by atoms with Crippen LogP contribution in [0.4, 0.5) is 5.69 Å². The van der Waals surface area contributed by atoms with Crippen molar-refractivity contribution in [2.24, 2.45) is 0 Å². The molecule has 28 heavy (non-hydrogen) atoms. The van der Waals surface area contributed by atoms with Gasteiger partial charge in [0.1, 0.15) is 0 Å². The average molecular weight is 491 g/mol. The molecule has 0 spiro atoms. The van der Waals surface area contributed by atoms with Crippen molar-refractivity contribution in [3.63, 3.8) is 0 Å². The first-order chi connectivity index (χ1) is 13.3. The molecule has 1 aliphatic heterocycles. The monoisotopic (exact) mass is 490 g/mol. The van der Waals surface area contributed by atoms with E-state index in [1.807, 2.05) is 0 Å². The number of ketones is 1. The normalized spacial score (nSPS) is 15.3. The summed E-state index contributed by atoms with van der Waals surface area (Å²) in [6.45, 7) is 0.495. The van der Waals surface area contributed by atoms with Gasteiger partial charge in [-0.15, -0.1) is 11.3 Å². The molecule has 0 radical (unpaired) electrons. The second-order valence-corrected chi connectivity index (χ2v) is 10.1. The van der Waals surface area contributed by atoms with Gasteiger partial charge in [0.15, 0.2) is 12.4 Å². The quantitative estimate of drug-likeness (QED) is 0.332. The molecule has 3 rings (SSSR count). The molecule has 1 fully saturated rings. The Morgan fingerprint density at radius 1 is 1.29 bits per heavy atom. The minimum Gasteiger partial charge on any atom is -0.478 e. The number of morpholine rings is 1. The maximum atomic E-state index is 12.7. The molecule has 12 heteroatoms. The van der Waals surface area contributed by atoms with Crippen molar-refractivity contribution >= 4 is 48.8 Å². The molecule has 9 nitrogen and oxygen atoms in total. The van der Waals surface area contributed by atoms with Crippen LogP contribution in [-0.2, 0) is 14.8 Å². The van der Waals surface area contributed by atoms with E-state index in [0.717, 1.165) is 9.85 Å². The Balaban J connectivity index is 1.81. The SMILES string of the molecule is O=C(COc1ccc(S(=O)(=O)N2CCOCC2)cc1[N+](=O)[O-])c1ccc(Br)s1. The third-order valence-electron chi connectivity index (χ3n) is 3.94. The standard InChI is InChI=1S/C16H15BrN2O7S2/c17-16-4-3-15(27-16)13(20)10-26-14-2-1-11(9-12(14)19(21)22)28(23,24)18-5-7-25-8-6-18/h1-4,9H,5-8,10H2. The minimum absolute atomic E-state index is 0.171. The highest BCUT2D eigenvalue weighted by Gasteiger charge is 2.29. The number of hydrogen-bond donors (Lipinski definition) is 0. The number of nitro groups is 1. The number of sulfonamides is 1. The number of halogens is 1. The lowest BCUT2D eigenvalue weighted by Gasteiger charge is -2.26. The van der Waals surface area contributed by atoms with Crippen LogP contribution in [0.15, 0.2) is 39.0 Å². The molecule has 0 aliphatic carbocycles. The lowest BCUT2D eigenvalue weighted by molar-refractivity contribution is -0.386. The Hall–Kier alpha value is -1.86. The van der Waals surface area contributed by atoms with Crippen molar-refractivity contribution in [2.45, 2.75) is 4.90 Å². The molecule has 0 unspecified atom stereocenters. The smallest absolute Gasteiger partial charge is 0.312 e. The number of thiophene rings is 1. The lowest BCUT2D eigenvalue weighted by atomic mass is 10.3. The third-order valence-corrected chi connectivity index (χ3v) is 7.50. The van der Waals surface area contributed by atoms with Gasteiger partial charge in [0.05, 0.1) is 31.7 Å². The number of benzene rings is 1. The Morgan fingerprint density at radius 3 is 2.61 bits per heavy atom. The molecule has 0 bridgehead atoms. The van der Waals surface area contributed by atoms with Crippen LogP contribution < -0.4 is 4.74 Å². The third kappa shape index (κ3) is 4.58. The predicted octanol–water partition coefficient (Wildman–Crippen LogP) is 2.70. The van der Waals surface area contributed by atoms with E-state index in [2.05, 4.69) is 15.9 Å². The van der Waals surface area contributed by atoms with Gasteiger partial charge in [-0.25, -0.2) is 8.42 Å². The topological polar surface area (TPSA) is 116 Å². The largest absolute Gasteiger partial charge is 0.478 e. The summed E-state index contributed by atoms with van der Waals surface area (Å²) in [5, 5.41) is 11.4. The fourth-order valence-electron chi connectivity index (χ4n) is 2.54. The van der Waals surface area contributed by atoms with E-state index in [0.29, 0.717) is 4.88 Å². The van der Waals surface area contributed by atoms with E-state index in [-0.39, 0.29) is 42.7 Å². The molecule has 1 aliphatic rings. The van der Waals surface area contributed by atoms with Gasteiger partial charge in [-0.2, -0.15) is 4.31 Å². The summed E-state index contributed by atoms with van der Waals surface area (Å²) in [5.41, 5.74) is -0.519. The average Bonchev–Trinajstić information content (AvgIpc) is 3.13. The van der Waals surface area contributed by atoms with Crippen LogP contribution in [0.25, 0.3) is 0 Å². The summed E-state index contributed by atoms with van der Waals surface area (Å²) in [6, 6.07) is 6.72. The van der Waals surface area contributed by atoms with Crippen LogP contribution in [-0.4, -0.2) is 56.3 Å². The molecular formula is C16H15BrN2O7S2. The van der Waals surface area contributed by atoms with Crippen molar-refractivity contribution < 1.29 is 27.6 Å². The van der Waals surface area contributed by atoms with Gasteiger partial charge < -0.3 is 9.47 Å². The molecule has 0 atom stereocenters. The number of nitrogens with zero attached hydrogens (tertiary/aromatic N) is 2. The Morgan fingerprint density at radius 2 is 2.00 bits per heavy atom. The van der Waals surface area contributed by atoms with Crippen molar-refractivity contribution in [3.8, 4) is 5.75 Å². The zero-order valence-electron chi connectivity index (χ0n) is 14.4. The van der Waals surface area contributed by atoms with Gasteiger partial charge in [0, 0.05) is 19.2 Å². The molecule has 0 N–H and O–H groups in total. The van der Waals surface area contributed by atoms with E-state index in [1.54, 1.807) is 12.1 Å². The Labute approximate surface area is 173 Å². The van der Waals surface area contributed by atoms with Crippen LogP contribution in [0.5, 0.6) is 5.75 Å². The van der Waals surface area contributed by atoms with Crippen molar-refractivity contribution in [3.05, 3.63) is 49.1 Å². The molecule has 2 heterocycles. The van der Waals surface area contributed by atoms with Gasteiger partial charge in [0.25, 0.3) is 0 Å². The first-order valence-electron chi connectivity index (χ1n) is 8.07. The molecule has 0 amide bonds. The molecule has 150 valence electrons. The number of carbonyl (C=O) groups excluding carboxylic acids is 1. The maximum absolute atomic E-state index is 12.7. The number of ether oxygens (including phenoxy) is 2. The summed E-state index contributed by atoms with van der Waals surface area (Å²) in [6.07, 6.45) is 0. The number of nitro benzene ring substituents is 1. The van der Waals surface area contributed by atoms with Crippen LogP contribution >= 0.6 is 27.3 Å². The number of rotatable bonds is 7. The number of carbonyl (C=O) groups is 1. The van der Waals surface area contributed by atoms with E-state index in [1.165, 1.54) is 27.8 Å². The maximum Gasteiger partial charge on any atom is 0.312 e. The minimum atomic E-state index is -3.88. The van der Waals surface area contributed by atoms with E-state index in [4.69, 9.17) is 9.47 Å². The fourth-order valence-corrected chi connectivity index (χ4v) is 5.28. The van der Waals surface area contributed by atoms with Crippen molar-refractivity contribution in [1.82, 2.24) is 4.31 Å². The molecule has 2 aromatic rings. The zero-order valence-corrected chi connectivity index (χ0v) is 17.6. The highest BCUT2D eigenvalue weighted by Crippen LogP contribution is 2.31. The fraction of sp³-hybridized carbons (Fsp3) is 0.312. The summed E-state index contributed by atoms with van der Waals surface area (Å²) >= 11 is 4.48. The number of hydrogen-bond acceptors (Lipinski definition) is 8. The molecular weight excluding hydrogens is 476 g/mol. The Bertz CT molecular complexity index is 1000. The molecule has 1 aromatic carbocycles. The van der Waals surface area contributed by atoms with Crippen LogP contribution in [0.1, 0.15) is 9.67 Å². The first kappa shape index (κ1) is 20.9. The molecule has 1 saturated heterocycles. The Kier molecular flexibility index (Phi) is 6.45. The van der Waals surface area contributed by atoms with Gasteiger partial charge in [0.2, 0.25) is 15.8 Å². The second-order valence-electron chi connectivity index (χ2n) is 5.72. The molecule has 0 saturated carbocycles. The van der Waals surface area contributed by atoms with Gasteiger partial charge in [-0.05, 0) is 40.2 Å². The van der Waals surface area contributed by atoms with Crippen LogP contribution in [0.3, 0.4) is 0 Å². The van der Waals surface area contributed by atoms with Crippen molar-refractivity contribution in [1.29, 1.82) is 0 Å². The van der Waals surface area contributed by atoms with Crippen LogP contribution in [0, 0.1) is 10.1 Å². The summed E-state index contributed by atoms with van der Waals surface area (Å²) < 4.78 is 37.8. The van der Waals surface area contributed by atoms with Gasteiger partial charge in [-0.3, -0.25) is 14.9 Å². The summed E-state index contributed by atoms with van der Waals surface area (Å²) in [4.78, 5) is 23.0. The lowest BCUT2D eigenvalue weighted by Crippen LogP contribution is -2.40. The summed E-state index contributed by atoms with van der Waals surface area (Å²) in [5.74, 6) is -0.509. The van der Waals surface area contributed by atoms with E-state index >= 15 is 0 Å². The number of Topliss-reactive ketones (excluding diaryl/α,β-unsaturated/α-hetero) is 1. The van der Waals surface area contributed by atoms with E-state index < -0.39 is 27.2 Å². The predicted molar refractivity (Wildman–Crippen MR) is 105 cm³/mol. The summed E-state index contributed by atoms with van der Waals surface area (Å²) in [7, 11) is -3.88. The van der Waals surface area contributed by atoms with Crippen LogP contribution in [0.2, 0.25) is 0 Å². The first-order valence-corrected chi connectivity index (χ1v) is 11.1. The van der Waals surface area contributed by atoms with Gasteiger partial charge >= 0.3 is 5.69 Å². The highest BCUT2D eigenvalue weighted by molar-refractivity contribution is 9.11. The van der Waals surface area contributed by atoms with Crippen molar-refractivity contribution in [2.75, 3.05) is 32.9 Å². The molecule has 1 aromatic heterocycles. The van der Waals surface area contributed by atoms with E-state index in [9.17, 15) is 23.3 Å².